The normalized spacial score (nSPS) is 12.0. The molecule has 2 rings (SSSR count). The number of furan rings is 1. The summed E-state index contributed by atoms with van der Waals surface area (Å²) in [6.45, 7) is 4.13. The van der Waals surface area contributed by atoms with Crippen molar-refractivity contribution in [3.05, 3.63) is 53.5 Å². The van der Waals surface area contributed by atoms with Gasteiger partial charge in [-0.2, -0.15) is 0 Å². The number of hydrogen-bond donors (Lipinski definition) is 1. The summed E-state index contributed by atoms with van der Waals surface area (Å²) in [4.78, 5) is 13.7. The van der Waals surface area contributed by atoms with Gasteiger partial charge in [-0.15, -0.1) is 0 Å². The highest BCUT2D eigenvalue weighted by Gasteiger charge is 2.15. The van der Waals surface area contributed by atoms with Crippen LogP contribution in [0.5, 0.6) is 0 Å². The van der Waals surface area contributed by atoms with Crippen molar-refractivity contribution in [2.45, 2.75) is 26.3 Å². The molecule has 0 aliphatic heterocycles. The van der Waals surface area contributed by atoms with Gasteiger partial charge in [0.15, 0.2) is 0 Å². The summed E-state index contributed by atoms with van der Waals surface area (Å²) < 4.78 is 5.48. The van der Waals surface area contributed by atoms with Crippen LogP contribution >= 0.6 is 0 Å². The maximum Gasteiger partial charge on any atom is 0.253 e. The number of nitrogens with one attached hydrogen (secondary N) is 1. The first-order chi connectivity index (χ1) is 10.0. The van der Waals surface area contributed by atoms with Gasteiger partial charge in [0.05, 0.1) is 12.3 Å². The molecule has 1 unspecified atom stereocenters. The van der Waals surface area contributed by atoms with Crippen LogP contribution < -0.4 is 5.32 Å². The molecule has 1 N–H and O–H groups in total. The molecule has 4 heteroatoms. The number of rotatable bonds is 5. The lowest BCUT2D eigenvalue weighted by Gasteiger charge is -2.19. The van der Waals surface area contributed by atoms with Crippen LogP contribution in [0.2, 0.25) is 0 Å². The lowest BCUT2D eigenvalue weighted by atomic mass is 10.1. The van der Waals surface area contributed by atoms with E-state index in [2.05, 4.69) is 12.2 Å². The largest absolute Gasteiger partial charge is 0.467 e. The van der Waals surface area contributed by atoms with E-state index in [0.717, 1.165) is 23.4 Å². The molecule has 21 heavy (non-hydrogen) atoms. The lowest BCUT2D eigenvalue weighted by molar-refractivity contribution is 0.0827. The number of hydrogen-bond acceptors (Lipinski definition) is 3. The predicted octanol–water partition coefficient (Wildman–Crippen LogP) is 3.85. The van der Waals surface area contributed by atoms with E-state index in [0.29, 0.717) is 5.56 Å². The third kappa shape index (κ3) is 3.45. The Labute approximate surface area is 125 Å². The molecule has 0 saturated carbocycles. The number of amides is 1. The van der Waals surface area contributed by atoms with E-state index in [1.54, 1.807) is 25.3 Å². The van der Waals surface area contributed by atoms with Gasteiger partial charge in [-0.3, -0.25) is 4.79 Å². The average molecular weight is 286 g/mol. The van der Waals surface area contributed by atoms with Gasteiger partial charge in [-0.25, -0.2) is 0 Å². The van der Waals surface area contributed by atoms with Gasteiger partial charge in [-0.05, 0) is 43.2 Å². The molecule has 0 saturated heterocycles. The molecular weight excluding hydrogens is 264 g/mol. The average Bonchev–Trinajstić information content (AvgIpc) is 2.99. The standard InChI is InChI=1S/C17H22N2O2/c1-5-14(16-7-6-10-21-16)18-15-11-13(9-8-12(15)2)17(20)19(3)4/h6-11,14,18H,5H2,1-4H3. The zero-order valence-electron chi connectivity index (χ0n) is 13.0. The van der Waals surface area contributed by atoms with E-state index < -0.39 is 0 Å². The van der Waals surface area contributed by atoms with Crippen LogP contribution in [-0.2, 0) is 0 Å². The van der Waals surface area contributed by atoms with Gasteiger partial charge >= 0.3 is 0 Å². The van der Waals surface area contributed by atoms with E-state index in [9.17, 15) is 4.79 Å². The molecule has 1 aromatic carbocycles. The Balaban J connectivity index is 2.26. The number of nitrogens with zero attached hydrogens (tertiary/aromatic N) is 1. The Morgan fingerprint density at radius 1 is 1.33 bits per heavy atom. The molecule has 1 atom stereocenters. The lowest BCUT2D eigenvalue weighted by Crippen LogP contribution is -2.22. The first-order valence-electron chi connectivity index (χ1n) is 7.15. The second kappa shape index (κ2) is 6.48. The zero-order valence-corrected chi connectivity index (χ0v) is 13.0. The fourth-order valence-electron chi connectivity index (χ4n) is 2.22. The van der Waals surface area contributed by atoms with Crippen LogP contribution in [0.4, 0.5) is 5.69 Å². The van der Waals surface area contributed by atoms with Crippen molar-refractivity contribution in [2.24, 2.45) is 0 Å². The SMILES string of the molecule is CCC(Nc1cc(C(=O)N(C)C)ccc1C)c1ccco1. The van der Waals surface area contributed by atoms with Crippen molar-refractivity contribution in [3.63, 3.8) is 0 Å². The van der Waals surface area contributed by atoms with E-state index in [1.165, 1.54) is 0 Å². The minimum atomic E-state index is 0.00379. The molecule has 0 aliphatic rings. The van der Waals surface area contributed by atoms with Gasteiger partial charge in [0, 0.05) is 25.3 Å². The summed E-state index contributed by atoms with van der Waals surface area (Å²) in [6.07, 6.45) is 2.58. The van der Waals surface area contributed by atoms with E-state index in [-0.39, 0.29) is 11.9 Å². The molecule has 0 radical (unpaired) electrons. The highest BCUT2D eigenvalue weighted by molar-refractivity contribution is 5.95. The summed E-state index contributed by atoms with van der Waals surface area (Å²) in [6, 6.07) is 9.68. The Bertz CT molecular complexity index is 603. The van der Waals surface area contributed by atoms with Crippen LogP contribution in [-0.4, -0.2) is 24.9 Å². The molecule has 1 amide bonds. The van der Waals surface area contributed by atoms with Crippen LogP contribution in [0.25, 0.3) is 0 Å². The number of carbonyl (C=O) groups excluding carboxylic acids is 1. The molecule has 1 heterocycles. The minimum Gasteiger partial charge on any atom is -0.467 e. The Kier molecular flexibility index (Phi) is 4.68. The molecule has 2 aromatic rings. The highest BCUT2D eigenvalue weighted by Crippen LogP contribution is 2.26. The highest BCUT2D eigenvalue weighted by atomic mass is 16.3. The van der Waals surface area contributed by atoms with Gasteiger partial charge in [-0.1, -0.05) is 13.0 Å². The topological polar surface area (TPSA) is 45.5 Å². The minimum absolute atomic E-state index is 0.00379. The monoisotopic (exact) mass is 286 g/mol. The van der Waals surface area contributed by atoms with Crippen molar-refractivity contribution in [3.8, 4) is 0 Å². The summed E-state index contributed by atoms with van der Waals surface area (Å²) in [7, 11) is 3.51. The maximum absolute atomic E-state index is 12.1. The summed E-state index contributed by atoms with van der Waals surface area (Å²) in [5.74, 6) is 0.908. The van der Waals surface area contributed by atoms with Crippen LogP contribution in [0.3, 0.4) is 0 Å². The molecular formula is C17H22N2O2. The van der Waals surface area contributed by atoms with Gasteiger partial charge in [0.25, 0.3) is 5.91 Å². The molecule has 0 aliphatic carbocycles. The van der Waals surface area contributed by atoms with E-state index in [4.69, 9.17) is 4.42 Å². The third-order valence-corrected chi connectivity index (χ3v) is 3.52. The van der Waals surface area contributed by atoms with Crippen molar-refractivity contribution < 1.29 is 9.21 Å². The molecule has 0 fully saturated rings. The summed E-state index contributed by atoms with van der Waals surface area (Å²) >= 11 is 0. The summed E-state index contributed by atoms with van der Waals surface area (Å²) in [5.41, 5.74) is 2.75. The number of anilines is 1. The van der Waals surface area contributed by atoms with E-state index >= 15 is 0 Å². The van der Waals surface area contributed by atoms with Crippen molar-refractivity contribution in [1.82, 2.24) is 4.90 Å². The van der Waals surface area contributed by atoms with Gasteiger partial charge in [0.2, 0.25) is 0 Å². The first kappa shape index (κ1) is 15.2. The number of aryl methyl sites for hydroxylation is 1. The zero-order chi connectivity index (χ0) is 15.4. The first-order valence-corrected chi connectivity index (χ1v) is 7.15. The van der Waals surface area contributed by atoms with Crippen LogP contribution in [0.1, 0.15) is 41.1 Å². The molecule has 112 valence electrons. The van der Waals surface area contributed by atoms with Crippen molar-refractivity contribution >= 4 is 11.6 Å². The second-order valence-corrected chi connectivity index (χ2v) is 5.35. The fourth-order valence-corrected chi connectivity index (χ4v) is 2.22. The Morgan fingerprint density at radius 3 is 2.67 bits per heavy atom. The molecule has 1 aromatic heterocycles. The fraction of sp³-hybridized carbons (Fsp3) is 0.353. The van der Waals surface area contributed by atoms with Crippen LogP contribution in [0, 0.1) is 6.92 Å². The molecule has 0 spiro atoms. The van der Waals surface area contributed by atoms with Gasteiger partial charge in [0.1, 0.15) is 5.76 Å². The third-order valence-electron chi connectivity index (χ3n) is 3.52. The Morgan fingerprint density at radius 2 is 2.10 bits per heavy atom. The molecule has 4 nitrogen and oxygen atoms in total. The smallest absolute Gasteiger partial charge is 0.253 e. The van der Waals surface area contributed by atoms with Gasteiger partial charge < -0.3 is 14.6 Å². The maximum atomic E-state index is 12.1. The molecule has 0 bridgehead atoms. The number of carbonyl (C=O) groups is 1. The quantitative estimate of drug-likeness (QED) is 0.908. The number of benzene rings is 1. The van der Waals surface area contributed by atoms with Crippen molar-refractivity contribution in [1.29, 1.82) is 0 Å². The van der Waals surface area contributed by atoms with Crippen molar-refractivity contribution in [2.75, 3.05) is 19.4 Å². The second-order valence-electron chi connectivity index (χ2n) is 5.35. The van der Waals surface area contributed by atoms with E-state index in [1.807, 2.05) is 37.3 Å². The van der Waals surface area contributed by atoms with Crippen LogP contribution in [0.15, 0.2) is 41.0 Å². The summed E-state index contributed by atoms with van der Waals surface area (Å²) in [5, 5.41) is 3.47. The predicted molar refractivity (Wildman–Crippen MR) is 84.6 cm³/mol. The Hall–Kier alpha value is -2.23.